The Morgan fingerprint density at radius 1 is 1.03 bits per heavy atom. The summed E-state index contributed by atoms with van der Waals surface area (Å²) in [6.07, 6.45) is 0.144. The number of hydrogen-bond acceptors (Lipinski definition) is 9. The Morgan fingerprint density at radius 2 is 1.78 bits per heavy atom. The third-order valence-corrected chi connectivity index (χ3v) is 6.25. The largest absolute Gasteiger partial charge is 0.433 e. The Bertz CT molecular complexity index is 1380. The monoisotopic (exact) mass is 465 g/mol. The molecule has 166 valence electrons. The van der Waals surface area contributed by atoms with Gasteiger partial charge in [0, 0.05) is 7.05 Å². The van der Waals surface area contributed by atoms with Crippen LogP contribution in [0.4, 0.5) is 13.2 Å². The molecule has 0 fully saturated rings. The summed E-state index contributed by atoms with van der Waals surface area (Å²) in [5, 5.41) is 11.8. The highest BCUT2D eigenvalue weighted by molar-refractivity contribution is 7.91. The first-order chi connectivity index (χ1) is 15.1. The lowest BCUT2D eigenvalue weighted by atomic mass is 10.3. The van der Waals surface area contributed by atoms with E-state index in [4.69, 9.17) is 0 Å². The molecule has 4 aromatic rings. The van der Waals surface area contributed by atoms with Gasteiger partial charge in [0.15, 0.2) is 21.5 Å². The summed E-state index contributed by atoms with van der Waals surface area (Å²) in [6.45, 7) is 1.48. The quantitative estimate of drug-likeness (QED) is 0.432. The maximum absolute atomic E-state index is 13.0. The van der Waals surface area contributed by atoms with Gasteiger partial charge < -0.3 is 4.57 Å². The fourth-order valence-electron chi connectivity index (χ4n) is 2.85. The number of pyridine rings is 1. The maximum atomic E-state index is 13.0. The molecule has 15 heteroatoms. The molecular formula is C17H14F3N9O2S. The summed E-state index contributed by atoms with van der Waals surface area (Å²) in [4.78, 5) is 15.0. The van der Waals surface area contributed by atoms with Crippen LogP contribution in [0.2, 0.25) is 0 Å². The standard InChI is InChI=1S/C17H14F3N9O2S/c1-3-32(30,31)12-4-10(29-9-21-7-25-29)6-22-14(12)16-27-26-15(28(16)2)11-5-13(17(18,19)20)24-8-23-11/h4-9H,3H2,1-2H3. The van der Waals surface area contributed by atoms with Gasteiger partial charge >= 0.3 is 6.18 Å². The van der Waals surface area contributed by atoms with Crippen molar-refractivity contribution in [2.75, 3.05) is 5.75 Å². The molecule has 11 nitrogen and oxygen atoms in total. The molecule has 32 heavy (non-hydrogen) atoms. The lowest BCUT2D eigenvalue weighted by Gasteiger charge is -2.11. The van der Waals surface area contributed by atoms with Crippen molar-refractivity contribution in [2.45, 2.75) is 18.0 Å². The van der Waals surface area contributed by atoms with Gasteiger partial charge in [-0.15, -0.1) is 10.2 Å². The summed E-state index contributed by atoms with van der Waals surface area (Å²) >= 11 is 0. The van der Waals surface area contributed by atoms with Gasteiger partial charge in [-0.1, -0.05) is 6.92 Å². The summed E-state index contributed by atoms with van der Waals surface area (Å²) in [7, 11) is -2.30. The van der Waals surface area contributed by atoms with Gasteiger partial charge in [-0.05, 0) is 12.1 Å². The van der Waals surface area contributed by atoms with Crippen molar-refractivity contribution in [1.82, 2.24) is 44.5 Å². The predicted molar refractivity (Wildman–Crippen MR) is 103 cm³/mol. The zero-order valence-electron chi connectivity index (χ0n) is 16.6. The van der Waals surface area contributed by atoms with Crippen LogP contribution in [0.1, 0.15) is 12.6 Å². The van der Waals surface area contributed by atoms with E-state index in [0.29, 0.717) is 5.69 Å². The number of aromatic nitrogens is 9. The van der Waals surface area contributed by atoms with Gasteiger partial charge in [0.25, 0.3) is 0 Å². The molecule has 0 unspecified atom stereocenters. The van der Waals surface area contributed by atoms with E-state index in [1.54, 1.807) is 0 Å². The number of alkyl halides is 3. The second-order valence-corrected chi connectivity index (χ2v) is 8.72. The lowest BCUT2D eigenvalue weighted by molar-refractivity contribution is -0.141. The van der Waals surface area contributed by atoms with Crippen LogP contribution in [0.15, 0.2) is 42.2 Å². The van der Waals surface area contributed by atoms with Gasteiger partial charge in [-0.25, -0.2) is 33.0 Å². The second kappa shape index (κ2) is 7.74. The van der Waals surface area contributed by atoms with E-state index >= 15 is 0 Å². The average Bonchev–Trinajstić information content (AvgIpc) is 3.43. The summed E-state index contributed by atoms with van der Waals surface area (Å²) in [5.41, 5.74) is -0.933. The summed E-state index contributed by atoms with van der Waals surface area (Å²) < 4.78 is 67.2. The van der Waals surface area contributed by atoms with Gasteiger partial charge in [0.05, 0.1) is 22.5 Å². The van der Waals surface area contributed by atoms with E-state index in [9.17, 15) is 21.6 Å². The van der Waals surface area contributed by atoms with Crippen molar-refractivity contribution in [2.24, 2.45) is 7.05 Å². The highest BCUT2D eigenvalue weighted by Crippen LogP contribution is 2.31. The number of hydrogen-bond donors (Lipinski definition) is 0. The van der Waals surface area contributed by atoms with E-state index < -0.39 is 21.7 Å². The summed E-state index contributed by atoms with van der Waals surface area (Å²) in [5.74, 6) is -0.201. The normalized spacial score (nSPS) is 12.3. The number of nitrogens with zero attached hydrogens (tertiary/aromatic N) is 9. The minimum atomic E-state index is -4.67. The Labute approximate surface area is 178 Å². The third kappa shape index (κ3) is 3.81. The van der Waals surface area contributed by atoms with Crippen LogP contribution in [0.3, 0.4) is 0 Å². The van der Waals surface area contributed by atoms with Crippen LogP contribution in [0.25, 0.3) is 28.7 Å². The Hall–Kier alpha value is -3.75. The molecule has 0 aliphatic rings. The summed E-state index contributed by atoms with van der Waals surface area (Å²) in [6, 6.07) is 2.11. The molecule has 0 atom stereocenters. The molecule has 0 bridgehead atoms. The molecular weight excluding hydrogens is 451 g/mol. The molecule has 0 spiro atoms. The maximum Gasteiger partial charge on any atom is 0.433 e. The van der Waals surface area contributed by atoms with Crippen molar-refractivity contribution in [3.05, 3.63) is 43.0 Å². The molecule has 0 aliphatic carbocycles. The van der Waals surface area contributed by atoms with Crippen LogP contribution < -0.4 is 0 Å². The first kappa shape index (κ1) is 21.5. The molecule has 4 rings (SSSR count). The second-order valence-electron chi connectivity index (χ2n) is 6.48. The van der Waals surface area contributed by atoms with Gasteiger partial charge in [0.2, 0.25) is 0 Å². The molecule has 0 radical (unpaired) electrons. The van der Waals surface area contributed by atoms with Crippen LogP contribution in [0, 0.1) is 0 Å². The fraction of sp³-hybridized carbons (Fsp3) is 0.235. The first-order valence-corrected chi connectivity index (χ1v) is 10.6. The van der Waals surface area contributed by atoms with E-state index in [1.165, 1.54) is 48.1 Å². The smallest absolute Gasteiger partial charge is 0.307 e. The van der Waals surface area contributed by atoms with Gasteiger partial charge in [-0.3, -0.25) is 0 Å². The van der Waals surface area contributed by atoms with Crippen LogP contribution in [-0.4, -0.2) is 58.7 Å². The van der Waals surface area contributed by atoms with Crippen molar-refractivity contribution in [3.8, 4) is 28.7 Å². The molecule has 0 saturated carbocycles. The van der Waals surface area contributed by atoms with Crippen molar-refractivity contribution >= 4 is 9.84 Å². The molecule has 0 N–H and O–H groups in total. The minimum absolute atomic E-state index is 0.0120. The number of rotatable bonds is 5. The topological polar surface area (TPSA) is 134 Å². The fourth-order valence-corrected chi connectivity index (χ4v) is 3.90. The molecule has 0 aliphatic heterocycles. The van der Waals surface area contributed by atoms with Crippen LogP contribution in [-0.2, 0) is 23.1 Å². The van der Waals surface area contributed by atoms with E-state index in [0.717, 1.165) is 12.4 Å². The first-order valence-electron chi connectivity index (χ1n) is 8.99. The minimum Gasteiger partial charge on any atom is -0.307 e. The molecule has 0 aromatic carbocycles. The van der Waals surface area contributed by atoms with E-state index in [1.807, 2.05) is 0 Å². The highest BCUT2D eigenvalue weighted by atomic mass is 32.2. The lowest BCUT2D eigenvalue weighted by Crippen LogP contribution is -2.11. The van der Waals surface area contributed by atoms with E-state index in [-0.39, 0.29) is 33.7 Å². The molecule has 4 heterocycles. The van der Waals surface area contributed by atoms with Crippen molar-refractivity contribution < 1.29 is 21.6 Å². The van der Waals surface area contributed by atoms with Crippen LogP contribution >= 0.6 is 0 Å². The zero-order valence-corrected chi connectivity index (χ0v) is 17.4. The van der Waals surface area contributed by atoms with Crippen LogP contribution in [0.5, 0.6) is 0 Å². The number of halogens is 3. The Kier molecular flexibility index (Phi) is 5.20. The average molecular weight is 465 g/mol. The third-order valence-electron chi connectivity index (χ3n) is 4.51. The molecule has 4 aromatic heterocycles. The van der Waals surface area contributed by atoms with Crippen molar-refractivity contribution in [3.63, 3.8) is 0 Å². The Morgan fingerprint density at radius 3 is 2.44 bits per heavy atom. The van der Waals surface area contributed by atoms with Gasteiger partial charge in [0.1, 0.15) is 36.1 Å². The molecule has 0 saturated heterocycles. The highest BCUT2D eigenvalue weighted by Gasteiger charge is 2.33. The van der Waals surface area contributed by atoms with Crippen molar-refractivity contribution in [1.29, 1.82) is 0 Å². The SMILES string of the molecule is CCS(=O)(=O)c1cc(-n2cncn2)cnc1-c1nnc(-c2cc(C(F)(F)F)ncn2)n1C. The zero-order chi connectivity index (χ0) is 23.1. The predicted octanol–water partition coefficient (Wildman–Crippen LogP) is 1.73. The van der Waals surface area contributed by atoms with E-state index in [2.05, 4.69) is 35.2 Å². The Balaban J connectivity index is 1.86. The molecule has 0 amide bonds. The van der Waals surface area contributed by atoms with Gasteiger partial charge in [-0.2, -0.15) is 18.3 Å². The number of sulfone groups is 1.